The van der Waals surface area contributed by atoms with Gasteiger partial charge < -0.3 is 14.6 Å². The molecule has 10 heteroatoms. The maximum atomic E-state index is 12.7. The highest BCUT2D eigenvalue weighted by Gasteiger charge is 2.39. The molecule has 3 rings (SSSR count). The molecule has 30 heavy (non-hydrogen) atoms. The van der Waals surface area contributed by atoms with E-state index in [0.29, 0.717) is 24.6 Å². The lowest BCUT2D eigenvalue weighted by molar-refractivity contribution is -0.160. The number of alkyl halides is 3. The predicted octanol–water partition coefficient (Wildman–Crippen LogP) is 3.93. The molecule has 0 fully saturated rings. The second-order valence-corrected chi connectivity index (χ2v) is 6.76. The van der Waals surface area contributed by atoms with E-state index in [9.17, 15) is 18.0 Å². The Balaban J connectivity index is 1.50. The molecule has 1 N–H and O–H groups in total. The fraction of sp³-hybridized carbons (Fsp3) is 0.250. The Labute approximate surface area is 175 Å². The molecule has 156 valence electrons. The van der Waals surface area contributed by atoms with Gasteiger partial charge in [-0.25, -0.2) is 0 Å². The minimum absolute atomic E-state index is 0.0203. The molecule has 0 saturated heterocycles. The van der Waals surface area contributed by atoms with E-state index in [1.807, 2.05) is 0 Å². The van der Waals surface area contributed by atoms with Gasteiger partial charge in [0.25, 0.3) is 0 Å². The SMILES string of the molecule is O=C(C#CC1=C(Cl)CC(C(F)(F)F)C=C1)Nc1ccc(OCCn2cnnc2)cc1. The number of amides is 1. The highest BCUT2D eigenvalue weighted by molar-refractivity contribution is 6.30. The number of hydrogen-bond donors (Lipinski definition) is 1. The van der Waals surface area contributed by atoms with Crippen LogP contribution in [-0.4, -0.2) is 33.5 Å². The largest absolute Gasteiger partial charge is 0.492 e. The minimum atomic E-state index is -4.36. The average molecular weight is 437 g/mol. The van der Waals surface area contributed by atoms with Crippen LogP contribution in [0.25, 0.3) is 0 Å². The van der Waals surface area contributed by atoms with Crippen molar-refractivity contribution < 1.29 is 22.7 Å². The molecule has 2 aromatic rings. The van der Waals surface area contributed by atoms with Crippen molar-refractivity contribution in [2.24, 2.45) is 5.92 Å². The summed E-state index contributed by atoms with van der Waals surface area (Å²) >= 11 is 5.89. The second-order valence-electron chi connectivity index (χ2n) is 6.31. The number of aromatic nitrogens is 3. The first kappa shape index (κ1) is 21.5. The Hall–Kier alpha value is -3.25. The predicted molar refractivity (Wildman–Crippen MR) is 105 cm³/mol. The number of allylic oxidation sites excluding steroid dienone is 4. The van der Waals surface area contributed by atoms with Gasteiger partial charge in [0.05, 0.1) is 12.5 Å². The second kappa shape index (κ2) is 9.50. The molecule has 0 spiro atoms. The normalized spacial score (nSPS) is 16.1. The highest BCUT2D eigenvalue weighted by Crippen LogP contribution is 2.37. The molecule has 0 saturated carbocycles. The smallest absolute Gasteiger partial charge is 0.395 e. The van der Waals surface area contributed by atoms with Crippen molar-refractivity contribution in [2.75, 3.05) is 11.9 Å². The summed E-state index contributed by atoms with van der Waals surface area (Å²) in [7, 11) is 0. The minimum Gasteiger partial charge on any atom is -0.492 e. The molecule has 1 unspecified atom stereocenters. The number of carbonyl (C=O) groups excluding carboxylic acids is 1. The Morgan fingerprint density at radius 3 is 2.60 bits per heavy atom. The van der Waals surface area contributed by atoms with Crippen molar-refractivity contribution in [3.63, 3.8) is 0 Å². The lowest BCUT2D eigenvalue weighted by Gasteiger charge is -2.19. The zero-order chi connectivity index (χ0) is 21.6. The van der Waals surface area contributed by atoms with E-state index in [1.54, 1.807) is 41.5 Å². The number of carbonyl (C=O) groups is 1. The Kier molecular flexibility index (Phi) is 6.79. The van der Waals surface area contributed by atoms with Crippen LogP contribution in [0.2, 0.25) is 0 Å². The van der Waals surface area contributed by atoms with Crippen LogP contribution < -0.4 is 10.1 Å². The number of hydrogen-bond acceptors (Lipinski definition) is 4. The van der Waals surface area contributed by atoms with Gasteiger partial charge in [0.2, 0.25) is 0 Å². The molecule has 0 bridgehead atoms. The van der Waals surface area contributed by atoms with E-state index in [0.717, 1.165) is 6.08 Å². The Morgan fingerprint density at radius 2 is 1.97 bits per heavy atom. The van der Waals surface area contributed by atoms with Gasteiger partial charge in [0.1, 0.15) is 25.0 Å². The highest BCUT2D eigenvalue weighted by atomic mass is 35.5. The van der Waals surface area contributed by atoms with Crippen LogP contribution in [0.3, 0.4) is 0 Å². The Bertz CT molecular complexity index is 1000. The molecule has 1 aliphatic rings. The summed E-state index contributed by atoms with van der Waals surface area (Å²) < 4.78 is 45.5. The summed E-state index contributed by atoms with van der Waals surface area (Å²) in [6.07, 6.45) is 0.617. The van der Waals surface area contributed by atoms with Crippen LogP contribution in [0.1, 0.15) is 6.42 Å². The molecule has 1 aromatic heterocycles. The number of benzene rings is 1. The molecular weight excluding hydrogens is 421 g/mol. The molecule has 1 aliphatic carbocycles. The summed E-state index contributed by atoms with van der Waals surface area (Å²) in [6, 6.07) is 6.67. The van der Waals surface area contributed by atoms with E-state index in [2.05, 4.69) is 27.4 Å². The molecule has 1 aromatic carbocycles. The maximum Gasteiger partial charge on any atom is 0.395 e. The third-order valence-electron chi connectivity index (χ3n) is 4.11. The van der Waals surface area contributed by atoms with Crippen molar-refractivity contribution >= 4 is 23.2 Å². The van der Waals surface area contributed by atoms with E-state index >= 15 is 0 Å². The number of anilines is 1. The van der Waals surface area contributed by atoms with Crippen LogP contribution in [0.15, 0.2) is 59.7 Å². The fourth-order valence-electron chi connectivity index (χ4n) is 2.54. The van der Waals surface area contributed by atoms with Gasteiger partial charge in [0.15, 0.2) is 0 Å². The molecule has 1 heterocycles. The zero-order valence-electron chi connectivity index (χ0n) is 15.5. The van der Waals surface area contributed by atoms with Crippen LogP contribution in [0, 0.1) is 17.8 Å². The van der Waals surface area contributed by atoms with E-state index in [1.165, 1.54) is 6.08 Å². The van der Waals surface area contributed by atoms with Gasteiger partial charge >= 0.3 is 12.1 Å². The summed E-state index contributed by atoms with van der Waals surface area (Å²) in [5.74, 6) is 3.21. The van der Waals surface area contributed by atoms with Gasteiger partial charge in [-0.1, -0.05) is 23.6 Å². The van der Waals surface area contributed by atoms with Gasteiger partial charge in [-0.3, -0.25) is 4.79 Å². The van der Waals surface area contributed by atoms with Crippen molar-refractivity contribution in [3.8, 4) is 17.6 Å². The average Bonchev–Trinajstić information content (AvgIpc) is 3.21. The first-order chi connectivity index (χ1) is 14.3. The fourth-order valence-corrected chi connectivity index (χ4v) is 2.81. The van der Waals surface area contributed by atoms with Crippen LogP contribution >= 0.6 is 11.6 Å². The third kappa shape index (κ3) is 6.12. The summed E-state index contributed by atoms with van der Waals surface area (Å²) in [4.78, 5) is 12.0. The van der Waals surface area contributed by atoms with Crippen molar-refractivity contribution in [1.29, 1.82) is 0 Å². The maximum absolute atomic E-state index is 12.7. The van der Waals surface area contributed by atoms with E-state index < -0.39 is 18.0 Å². The van der Waals surface area contributed by atoms with Gasteiger partial charge in [-0.15, -0.1) is 10.2 Å². The molecular formula is C20H16ClF3N4O2. The number of nitrogens with zero attached hydrogens (tertiary/aromatic N) is 3. The first-order valence-corrected chi connectivity index (χ1v) is 9.21. The lowest BCUT2D eigenvalue weighted by atomic mass is 9.96. The van der Waals surface area contributed by atoms with E-state index in [4.69, 9.17) is 16.3 Å². The van der Waals surface area contributed by atoms with Crippen LogP contribution in [-0.2, 0) is 11.3 Å². The van der Waals surface area contributed by atoms with Crippen molar-refractivity contribution in [2.45, 2.75) is 19.1 Å². The van der Waals surface area contributed by atoms with Crippen molar-refractivity contribution in [3.05, 3.63) is 59.7 Å². The number of rotatable bonds is 5. The summed E-state index contributed by atoms with van der Waals surface area (Å²) in [6.45, 7) is 1.02. The number of halogens is 4. The van der Waals surface area contributed by atoms with E-state index in [-0.39, 0.29) is 17.0 Å². The summed E-state index contributed by atoms with van der Waals surface area (Å²) in [5, 5.41) is 9.95. The first-order valence-electron chi connectivity index (χ1n) is 8.83. The van der Waals surface area contributed by atoms with Crippen LogP contribution in [0.5, 0.6) is 5.75 Å². The molecule has 0 radical (unpaired) electrons. The monoisotopic (exact) mass is 436 g/mol. The summed E-state index contributed by atoms with van der Waals surface area (Å²) in [5.41, 5.74) is 0.695. The molecule has 0 aliphatic heterocycles. The third-order valence-corrected chi connectivity index (χ3v) is 4.47. The van der Waals surface area contributed by atoms with Crippen LogP contribution in [0.4, 0.5) is 18.9 Å². The topological polar surface area (TPSA) is 69.0 Å². The zero-order valence-corrected chi connectivity index (χ0v) is 16.2. The van der Waals surface area contributed by atoms with Gasteiger partial charge in [-0.05, 0) is 36.8 Å². The van der Waals surface area contributed by atoms with Gasteiger partial charge in [0, 0.05) is 22.2 Å². The lowest BCUT2D eigenvalue weighted by Crippen LogP contribution is -2.22. The molecule has 6 nitrogen and oxygen atoms in total. The van der Waals surface area contributed by atoms with Crippen molar-refractivity contribution in [1.82, 2.24) is 14.8 Å². The van der Waals surface area contributed by atoms with Gasteiger partial charge in [-0.2, -0.15) is 13.2 Å². The Morgan fingerprint density at radius 1 is 1.27 bits per heavy atom. The molecule has 1 atom stereocenters. The molecule has 1 amide bonds. The standard InChI is InChI=1S/C20H16ClF3N4O2/c21-18-11-15(20(22,23)24)3-1-14(18)2-8-19(29)27-16-4-6-17(7-5-16)30-10-9-28-12-25-26-13-28/h1,3-7,12-13,15H,9-11H2,(H,27,29). The quantitative estimate of drug-likeness (QED) is 0.721. The number of nitrogens with one attached hydrogen (secondary N) is 1. The number of ether oxygens (including phenoxy) is 1.